The summed E-state index contributed by atoms with van der Waals surface area (Å²) in [6.07, 6.45) is 4.93. The van der Waals surface area contributed by atoms with Crippen molar-refractivity contribution >= 4 is 11.6 Å². The summed E-state index contributed by atoms with van der Waals surface area (Å²) in [5, 5.41) is 4.26. The van der Waals surface area contributed by atoms with Gasteiger partial charge in [-0.15, -0.1) is 5.10 Å². The van der Waals surface area contributed by atoms with Gasteiger partial charge in [0.1, 0.15) is 0 Å². The van der Waals surface area contributed by atoms with Gasteiger partial charge in [-0.2, -0.15) is 4.98 Å². The molecule has 3 rings (SSSR count). The number of aromatic nitrogens is 4. The number of carbonyl (C=O) groups is 1. The highest BCUT2D eigenvalue weighted by Crippen LogP contribution is 2.19. The number of hydrogen-bond acceptors (Lipinski definition) is 4. The first-order chi connectivity index (χ1) is 7.78. The van der Waals surface area contributed by atoms with Gasteiger partial charge in [-0.1, -0.05) is 6.92 Å². The third-order valence-corrected chi connectivity index (χ3v) is 2.89. The van der Waals surface area contributed by atoms with Gasteiger partial charge in [-0.25, -0.2) is 9.50 Å². The molecule has 1 aliphatic rings. The number of ketones is 1. The van der Waals surface area contributed by atoms with Crippen LogP contribution in [-0.2, 0) is 12.8 Å². The minimum atomic E-state index is 0.171. The summed E-state index contributed by atoms with van der Waals surface area (Å²) in [5.41, 5.74) is 1.59. The average Bonchev–Trinajstić information content (AvgIpc) is 2.69. The monoisotopic (exact) mass is 216 g/mol. The topological polar surface area (TPSA) is 60.1 Å². The predicted octanol–water partition coefficient (Wildman–Crippen LogP) is 1.21. The molecule has 0 fully saturated rings. The Balaban J connectivity index is 2.24. The van der Waals surface area contributed by atoms with Crippen LogP contribution in [0.15, 0.2) is 6.20 Å². The van der Waals surface area contributed by atoms with Crippen LogP contribution in [0.1, 0.15) is 41.6 Å². The molecule has 5 heteroatoms. The highest BCUT2D eigenvalue weighted by Gasteiger charge is 2.20. The van der Waals surface area contributed by atoms with Crippen molar-refractivity contribution in [1.82, 2.24) is 19.6 Å². The second kappa shape index (κ2) is 3.37. The van der Waals surface area contributed by atoms with Crippen LogP contribution < -0.4 is 0 Å². The molecule has 0 aliphatic heterocycles. The highest BCUT2D eigenvalue weighted by molar-refractivity contribution is 5.97. The molecule has 2 aromatic heterocycles. The van der Waals surface area contributed by atoms with Crippen molar-refractivity contribution in [3.8, 4) is 0 Å². The molecule has 0 radical (unpaired) electrons. The number of Topliss-reactive ketones (excluding diaryl/α,β-unsaturated/α-hetero) is 1. The van der Waals surface area contributed by atoms with E-state index in [1.54, 1.807) is 10.7 Å². The standard InChI is InChI=1S/C11H12N4O/c1-2-10-13-11-12-8-4-3-5-9(16)7(8)6-15(11)14-10/h6H,2-5H2,1H3. The van der Waals surface area contributed by atoms with E-state index in [1.807, 2.05) is 6.92 Å². The number of carbonyl (C=O) groups excluding carboxylic acids is 1. The third kappa shape index (κ3) is 1.31. The summed E-state index contributed by atoms with van der Waals surface area (Å²) in [4.78, 5) is 20.4. The molecule has 0 N–H and O–H groups in total. The van der Waals surface area contributed by atoms with E-state index >= 15 is 0 Å². The lowest BCUT2D eigenvalue weighted by Gasteiger charge is -2.12. The van der Waals surface area contributed by atoms with Crippen molar-refractivity contribution in [3.05, 3.63) is 23.3 Å². The number of aryl methyl sites for hydroxylation is 2. The first-order valence-electron chi connectivity index (χ1n) is 5.56. The van der Waals surface area contributed by atoms with Gasteiger partial charge in [-0.05, 0) is 12.8 Å². The Labute approximate surface area is 92.5 Å². The fourth-order valence-electron chi connectivity index (χ4n) is 2.02. The van der Waals surface area contributed by atoms with E-state index in [2.05, 4.69) is 15.1 Å². The first-order valence-corrected chi connectivity index (χ1v) is 5.56. The van der Waals surface area contributed by atoms with Crippen LogP contribution in [-0.4, -0.2) is 25.4 Å². The van der Waals surface area contributed by atoms with Crippen LogP contribution in [0, 0.1) is 0 Å². The lowest BCUT2D eigenvalue weighted by Crippen LogP contribution is -2.14. The Morgan fingerprint density at radius 2 is 2.25 bits per heavy atom. The summed E-state index contributed by atoms with van der Waals surface area (Å²) in [7, 11) is 0. The molecule has 0 aromatic carbocycles. The smallest absolute Gasteiger partial charge is 0.252 e. The van der Waals surface area contributed by atoms with Gasteiger partial charge in [0, 0.05) is 19.0 Å². The summed E-state index contributed by atoms with van der Waals surface area (Å²) in [6.45, 7) is 2.00. The molecule has 2 heterocycles. The maximum Gasteiger partial charge on any atom is 0.252 e. The van der Waals surface area contributed by atoms with Crippen molar-refractivity contribution in [2.45, 2.75) is 32.6 Å². The molecule has 0 unspecified atom stereocenters. The molecule has 82 valence electrons. The van der Waals surface area contributed by atoms with Crippen LogP contribution in [0.5, 0.6) is 0 Å². The van der Waals surface area contributed by atoms with E-state index in [-0.39, 0.29) is 5.78 Å². The Morgan fingerprint density at radius 1 is 1.38 bits per heavy atom. The second-order valence-corrected chi connectivity index (χ2v) is 4.00. The molecule has 16 heavy (non-hydrogen) atoms. The number of fused-ring (bicyclic) bond motifs is 2. The Bertz CT molecular complexity index is 573. The number of nitrogens with zero attached hydrogens (tertiary/aromatic N) is 4. The molecule has 2 aromatic rings. The molecule has 0 bridgehead atoms. The maximum absolute atomic E-state index is 11.7. The van der Waals surface area contributed by atoms with E-state index < -0.39 is 0 Å². The van der Waals surface area contributed by atoms with Gasteiger partial charge in [-0.3, -0.25) is 4.79 Å². The van der Waals surface area contributed by atoms with E-state index in [0.717, 1.165) is 30.8 Å². The molecule has 0 spiro atoms. The molecule has 0 saturated heterocycles. The molecule has 1 aliphatic carbocycles. The fraction of sp³-hybridized carbons (Fsp3) is 0.455. The average molecular weight is 216 g/mol. The van der Waals surface area contributed by atoms with E-state index in [9.17, 15) is 4.79 Å². The Hall–Kier alpha value is -1.78. The molecule has 0 saturated carbocycles. The van der Waals surface area contributed by atoms with Crippen molar-refractivity contribution in [3.63, 3.8) is 0 Å². The van der Waals surface area contributed by atoms with Gasteiger partial charge in [0.25, 0.3) is 5.78 Å². The highest BCUT2D eigenvalue weighted by atomic mass is 16.1. The normalized spacial score (nSPS) is 15.4. The zero-order chi connectivity index (χ0) is 11.1. The lowest BCUT2D eigenvalue weighted by atomic mass is 9.96. The molecule has 5 nitrogen and oxygen atoms in total. The van der Waals surface area contributed by atoms with Crippen molar-refractivity contribution in [1.29, 1.82) is 0 Å². The minimum Gasteiger partial charge on any atom is -0.294 e. The Kier molecular flexibility index (Phi) is 1.99. The predicted molar refractivity (Wildman–Crippen MR) is 57.4 cm³/mol. The van der Waals surface area contributed by atoms with Crippen molar-refractivity contribution < 1.29 is 4.79 Å². The van der Waals surface area contributed by atoms with Crippen LogP contribution >= 0.6 is 0 Å². The lowest BCUT2D eigenvalue weighted by molar-refractivity contribution is 0.0971. The van der Waals surface area contributed by atoms with E-state index in [4.69, 9.17) is 0 Å². The van der Waals surface area contributed by atoms with E-state index in [0.29, 0.717) is 17.8 Å². The van der Waals surface area contributed by atoms with Gasteiger partial charge in [0.2, 0.25) is 0 Å². The van der Waals surface area contributed by atoms with Gasteiger partial charge in [0.05, 0.1) is 11.3 Å². The van der Waals surface area contributed by atoms with Crippen LogP contribution in [0.4, 0.5) is 0 Å². The largest absolute Gasteiger partial charge is 0.294 e. The SMILES string of the molecule is CCc1nc2nc3c(cn2n1)C(=O)CCC3. The minimum absolute atomic E-state index is 0.171. The summed E-state index contributed by atoms with van der Waals surface area (Å²) >= 11 is 0. The second-order valence-electron chi connectivity index (χ2n) is 4.00. The number of hydrogen-bond donors (Lipinski definition) is 0. The molecule has 0 amide bonds. The van der Waals surface area contributed by atoms with Gasteiger partial charge in [0.15, 0.2) is 11.6 Å². The van der Waals surface area contributed by atoms with Crippen LogP contribution in [0.25, 0.3) is 5.78 Å². The zero-order valence-corrected chi connectivity index (χ0v) is 9.10. The molecule has 0 atom stereocenters. The Morgan fingerprint density at radius 3 is 3.06 bits per heavy atom. The number of rotatable bonds is 1. The van der Waals surface area contributed by atoms with Crippen LogP contribution in [0.3, 0.4) is 0 Å². The van der Waals surface area contributed by atoms with Crippen LogP contribution in [0.2, 0.25) is 0 Å². The third-order valence-electron chi connectivity index (χ3n) is 2.89. The van der Waals surface area contributed by atoms with Crippen molar-refractivity contribution in [2.75, 3.05) is 0 Å². The van der Waals surface area contributed by atoms with Gasteiger partial charge < -0.3 is 0 Å². The summed E-state index contributed by atoms with van der Waals surface area (Å²) < 4.78 is 1.61. The summed E-state index contributed by atoms with van der Waals surface area (Å²) in [6, 6.07) is 0. The maximum atomic E-state index is 11.7. The zero-order valence-electron chi connectivity index (χ0n) is 9.10. The van der Waals surface area contributed by atoms with Gasteiger partial charge >= 0.3 is 0 Å². The molecular formula is C11H12N4O. The quantitative estimate of drug-likeness (QED) is 0.718. The first kappa shape index (κ1) is 9.45. The van der Waals surface area contributed by atoms with E-state index in [1.165, 1.54) is 0 Å². The van der Waals surface area contributed by atoms with Crippen molar-refractivity contribution in [2.24, 2.45) is 0 Å². The molecular weight excluding hydrogens is 204 g/mol. The summed E-state index contributed by atoms with van der Waals surface area (Å²) in [5.74, 6) is 1.54. The fourth-order valence-corrected chi connectivity index (χ4v) is 2.02.